The molecule has 2 aromatic carbocycles. The van der Waals surface area contributed by atoms with Crippen LogP contribution in [0.25, 0.3) is 0 Å². The summed E-state index contributed by atoms with van der Waals surface area (Å²) in [6.45, 7) is 5.79. The Morgan fingerprint density at radius 2 is 1.74 bits per heavy atom. The number of likely N-dealkylation sites (tertiary alicyclic amines) is 1. The van der Waals surface area contributed by atoms with Crippen LogP contribution in [-0.4, -0.2) is 50.2 Å². The minimum atomic E-state index is 0.788. The number of benzene rings is 2. The van der Waals surface area contributed by atoms with Crippen molar-refractivity contribution in [3.63, 3.8) is 0 Å². The van der Waals surface area contributed by atoms with Crippen molar-refractivity contribution in [3.05, 3.63) is 59.7 Å². The minimum Gasteiger partial charge on any atom is -0.497 e. The lowest BCUT2D eigenvalue weighted by molar-refractivity contribution is 0.176. The van der Waals surface area contributed by atoms with Crippen LogP contribution in [0.5, 0.6) is 5.75 Å². The molecule has 144 valence electrons. The van der Waals surface area contributed by atoms with Gasteiger partial charge in [-0.25, -0.2) is 5.01 Å². The van der Waals surface area contributed by atoms with E-state index >= 15 is 0 Å². The van der Waals surface area contributed by atoms with Gasteiger partial charge in [0.25, 0.3) is 0 Å². The number of para-hydroxylation sites is 1. The van der Waals surface area contributed by atoms with Crippen molar-refractivity contribution in [3.8, 4) is 5.75 Å². The van der Waals surface area contributed by atoms with Crippen LogP contribution in [0.2, 0.25) is 0 Å². The van der Waals surface area contributed by atoms with Gasteiger partial charge in [0.2, 0.25) is 0 Å². The first-order valence-corrected chi connectivity index (χ1v) is 10.1. The summed E-state index contributed by atoms with van der Waals surface area (Å²) < 4.78 is 5.24. The molecule has 0 saturated carbocycles. The minimum absolute atomic E-state index is 0.788. The predicted molar refractivity (Wildman–Crippen MR) is 111 cm³/mol. The van der Waals surface area contributed by atoms with E-state index in [0.717, 1.165) is 37.7 Å². The average Bonchev–Trinajstić information content (AvgIpc) is 3.03. The van der Waals surface area contributed by atoms with Gasteiger partial charge < -0.3 is 14.6 Å². The average molecular weight is 366 g/mol. The predicted octanol–water partition coefficient (Wildman–Crippen LogP) is 3.82. The third-order valence-electron chi connectivity index (χ3n) is 6.10. The van der Waals surface area contributed by atoms with Gasteiger partial charge in [-0.3, -0.25) is 0 Å². The summed E-state index contributed by atoms with van der Waals surface area (Å²) >= 11 is 0. The highest BCUT2D eigenvalue weighted by atomic mass is 16.5. The van der Waals surface area contributed by atoms with Gasteiger partial charge in [-0.15, -0.1) is 0 Å². The highest BCUT2D eigenvalue weighted by molar-refractivity contribution is 5.55. The first-order chi connectivity index (χ1) is 13.2. The van der Waals surface area contributed by atoms with Crippen LogP contribution < -0.4 is 9.75 Å². The Bertz CT molecular complexity index is 738. The summed E-state index contributed by atoms with van der Waals surface area (Å²) in [5.41, 5.74) is 4.26. The summed E-state index contributed by atoms with van der Waals surface area (Å²) in [7, 11) is 3.93. The second kappa shape index (κ2) is 8.32. The van der Waals surface area contributed by atoms with Gasteiger partial charge in [-0.1, -0.05) is 30.3 Å². The molecule has 0 radical (unpaired) electrons. The number of hydrogen-bond donors (Lipinski definition) is 0. The van der Waals surface area contributed by atoms with Crippen molar-refractivity contribution in [2.24, 2.45) is 5.92 Å². The zero-order valence-electron chi connectivity index (χ0n) is 16.6. The van der Waals surface area contributed by atoms with E-state index in [4.69, 9.17) is 4.74 Å². The van der Waals surface area contributed by atoms with Crippen molar-refractivity contribution in [1.82, 2.24) is 9.91 Å². The number of ether oxygens (including phenoxy) is 1. The second-order valence-electron chi connectivity index (χ2n) is 7.91. The number of methoxy groups -OCH3 is 1. The molecule has 1 fully saturated rings. The van der Waals surface area contributed by atoms with Crippen LogP contribution in [0, 0.1) is 5.92 Å². The van der Waals surface area contributed by atoms with E-state index in [-0.39, 0.29) is 0 Å². The third kappa shape index (κ3) is 4.28. The van der Waals surface area contributed by atoms with Crippen LogP contribution in [0.15, 0.2) is 48.5 Å². The van der Waals surface area contributed by atoms with E-state index in [1.807, 2.05) is 0 Å². The zero-order valence-corrected chi connectivity index (χ0v) is 16.6. The van der Waals surface area contributed by atoms with Crippen LogP contribution in [0.3, 0.4) is 0 Å². The van der Waals surface area contributed by atoms with Crippen LogP contribution in [0.1, 0.15) is 24.0 Å². The smallest absolute Gasteiger partial charge is 0.118 e. The van der Waals surface area contributed by atoms with Crippen LogP contribution in [-0.2, 0) is 13.0 Å². The highest BCUT2D eigenvalue weighted by Gasteiger charge is 2.28. The monoisotopic (exact) mass is 365 g/mol. The molecule has 4 rings (SSSR count). The molecule has 0 amide bonds. The number of anilines is 1. The van der Waals surface area contributed by atoms with Gasteiger partial charge in [0.05, 0.1) is 12.8 Å². The van der Waals surface area contributed by atoms with E-state index < -0.39 is 0 Å². The molecule has 0 bridgehead atoms. The molecule has 2 aliphatic rings. The summed E-state index contributed by atoms with van der Waals surface area (Å²) in [6, 6.07) is 17.3. The van der Waals surface area contributed by atoms with E-state index in [0.29, 0.717) is 0 Å². The normalized spacial score (nSPS) is 18.7. The maximum atomic E-state index is 5.24. The highest BCUT2D eigenvalue weighted by Crippen LogP contribution is 2.32. The van der Waals surface area contributed by atoms with Crippen LogP contribution >= 0.6 is 0 Å². The number of hydrogen-bond acceptors (Lipinski definition) is 4. The summed E-state index contributed by atoms with van der Waals surface area (Å²) in [5.74, 6) is 1.73. The lowest BCUT2D eigenvalue weighted by atomic mass is 9.96. The number of fused-ring (bicyclic) bond motifs is 1. The van der Waals surface area contributed by atoms with Gasteiger partial charge in [-0.05, 0) is 67.6 Å². The Morgan fingerprint density at radius 3 is 2.48 bits per heavy atom. The molecule has 4 heteroatoms. The maximum Gasteiger partial charge on any atom is 0.118 e. The molecule has 0 spiro atoms. The molecule has 4 nitrogen and oxygen atoms in total. The molecule has 0 aliphatic carbocycles. The lowest BCUT2D eigenvalue weighted by Crippen LogP contribution is -2.42. The quantitative estimate of drug-likeness (QED) is 0.775. The van der Waals surface area contributed by atoms with Gasteiger partial charge in [0.15, 0.2) is 0 Å². The molecule has 0 aromatic heterocycles. The molecular weight excluding hydrogens is 334 g/mol. The fourth-order valence-corrected chi connectivity index (χ4v) is 4.37. The third-order valence-corrected chi connectivity index (χ3v) is 6.10. The van der Waals surface area contributed by atoms with Crippen molar-refractivity contribution >= 4 is 5.69 Å². The Kier molecular flexibility index (Phi) is 5.65. The Hall–Kier alpha value is -2.04. The van der Waals surface area contributed by atoms with E-state index in [1.54, 1.807) is 7.11 Å². The number of piperidine rings is 1. The van der Waals surface area contributed by atoms with E-state index in [9.17, 15) is 0 Å². The molecule has 0 N–H and O–H groups in total. The molecule has 0 atom stereocenters. The second-order valence-corrected chi connectivity index (χ2v) is 7.91. The number of rotatable bonds is 6. The SMILES string of the molecule is COc1ccc(CCN2CCC(CN3c4ccccc4CN3C)CC2)cc1. The molecule has 2 heterocycles. The lowest BCUT2D eigenvalue weighted by Gasteiger charge is -2.36. The van der Waals surface area contributed by atoms with Crippen molar-refractivity contribution < 1.29 is 4.74 Å². The molecule has 1 saturated heterocycles. The van der Waals surface area contributed by atoms with E-state index in [1.165, 1.54) is 42.7 Å². The maximum absolute atomic E-state index is 5.24. The van der Waals surface area contributed by atoms with Crippen LogP contribution in [0.4, 0.5) is 5.69 Å². The first-order valence-electron chi connectivity index (χ1n) is 10.1. The molecule has 0 unspecified atom stereocenters. The summed E-state index contributed by atoms with van der Waals surface area (Å²) in [5, 5.41) is 4.87. The molecule has 2 aliphatic heterocycles. The zero-order chi connectivity index (χ0) is 18.6. The largest absolute Gasteiger partial charge is 0.497 e. The topological polar surface area (TPSA) is 19.0 Å². The molecule has 27 heavy (non-hydrogen) atoms. The summed E-state index contributed by atoms with van der Waals surface area (Å²) in [4.78, 5) is 2.63. The van der Waals surface area contributed by atoms with Gasteiger partial charge in [0, 0.05) is 26.7 Å². The van der Waals surface area contributed by atoms with Gasteiger partial charge in [-0.2, -0.15) is 0 Å². The summed E-state index contributed by atoms with van der Waals surface area (Å²) in [6.07, 6.45) is 3.72. The fraction of sp³-hybridized carbons (Fsp3) is 0.478. The number of nitrogens with zero attached hydrogens (tertiary/aromatic N) is 3. The van der Waals surface area contributed by atoms with Crippen molar-refractivity contribution in [1.29, 1.82) is 0 Å². The Morgan fingerprint density at radius 1 is 1.00 bits per heavy atom. The van der Waals surface area contributed by atoms with Crippen molar-refractivity contribution in [2.45, 2.75) is 25.8 Å². The van der Waals surface area contributed by atoms with Crippen molar-refractivity contribution in [2.75, 3.05) is 45.3 Å². The van der Waals surface area contributed by atoms with E-state index in [2.05, 4.69) is 70.5 Å². The fourth-order valence-electron chi connectivity index (χ4n) is 4.37. The Labute approximate surface area is 163 Å². The molecular formula is C23H31N3O. The van der Waals surface area contributed by atoms with Gasteiger partial charge in [0.1, 0.15) is 5.75 Å². The number of hydrazine groups is 1. The Balaban J connectivity index is 1.24. The van der Waals surface area contributed by atoms with Gasteiger partial charge >= 0.3 is 0 Å². The molecule has 2 aromatic rings. The standard InChI is InChI=1S/C23H31N3O/c1-24-18-21-5-3-4-6-23(21)26(24)17-20-12-15-25(16-13-20)14-11-19-7-9-22(27-2)10-8-19/h3-10,20H,11-18H2,1-2H3. The first kappa shape index (κ1) is 18.3.